The molecule has 1 aromatic heterocycles. The molecular weight excluding hydrogens is 212 g/mol. The van der Waals surface area contributed by atoms with E-state index < -0.39 is 0 Å². The lowest BCUT2D eigenvalue weighted by molar-refractivity contribution is 0.655. The molecule has 4 heteroatoms. The Hall–Kier alpha value is -1.16. The van der Waals surface area contributed by atoms with Crippen LogP contribution in [0.4, 0.5) is 5.82 Å². The highest BCUT2D eigenvalue weighted by Gasteiger charge is 2.02. The van der Waals surface area contributed by atoms with E-state index in [0.29, 0.717) is 0 Å². The number of nitrogens with one attached hydrogen (secondary N) is 1. The predicted molar refractivity (Wildman–Crippen MR) is 72.2 cm³/mol. The van der Waals surface area contributed by atoms with Gasteiger partial charge in [0.2, 0.25) is 0 Å². The van der Waals surface area contributed by atoms with E-state index >= 15 is 0 Å². The van der Waals surface area contributed by atoms with Crippen LogP contribution in [0, 0.1) is 0 Å². The average molecular weight is 236 g/mol. The van der Waals surface area contributed by atoms with E-state index in [9.17, 15) is 0 Å². The lowest BCUT2D eigenvalue weighted by Gasteiger charge is -2.16. The molecule has 0 aliphatic rings. The molecule has 0 unspecified atom stereocenters. The number of aromatic nitrogens is 2. The van der Waals surface area contributed by atoms with Crippen molar-refractivity contribution in [2.45, 2.75) is 39.7 Å². The summed E-state index contributed by atoms with van der Waals surface area (Å²) in [6, 6.07) is 4.10. The van der Waals surface area contributed by atoms with Gasteiger partial charge in [0.25, 0.3) is 0 Å². The van der Waals surface area contributed by atoms with Crippen LogP contribution < -0.4 is 10.2 Å². The van der Waals surface area contributed by atoms with Gasteiger partial charge in [-0.05, 0) is 31.5 Å². The van der Waals surface area contributed by atoms with Gasteiger partial charge in [-0.2, -0.15) is 5.10 Å². The molecule has 0 fully saturated rings. The van der Waals surface area contributed by atoms with Crippen molar-refractivity contribution in [2.75, 3.05) is 25.0 Å². The Morgan fingerprint density at radius 2 is 2.00 bits per heavy atom. The summed E-state index contributed by atoms with van der Waals surface area (Å²) in [5, 5.41) is 11.8. The third kappa shape index (κ3) is 5.13. The molecule has 4 nitrogen and oxygen atoms in total. The molecule has 0 aliphatic carbocycles. The quantitative estimate of drug-likeness (QED) is 0.703. The van der Waals surface area contributed by atoms with Crippen LogP contribution in [0.5, 0.6) is 0 Å². The fraction of sp³-hybridized carbons (Fsp3) is 0.692. The molecule has 0 aromatic carbocycles. The third-order valence-electron chi connectivity index (χ3n) is 2.68. The Bertz CT molecular complexity index is 297. The van der Waals surface area contributed by atoms with Gasteiger partial charge in [0, 0.05) is 20.1 Å². The van der Waals surface area contributed by atoms with Gasteiger partial charge >= 0.3 is 0 Å². The smallest absolute Gasteiger partial charge is 0.150 e. The molecule has 0 atom stereocenters. The topological polar surface area (TPSA) is 41.0 Å². The average Bonchev–Trinajstić information content (AvgIpc) is 2.37. The Balaban J connectivity index is 2.43. The normalized spacial score (nSPS) is 10.5. The van der Waals surface area contributed by atoms with Gasteiger partial charge in [-0.25, -0.2) is 0 Å². The molecule has 17 heavy (non-hydrogen) atoms. The van der Waals surface area contributed by atoms with Crippen molar-refractivity contribution in [1.29, 1.82) is 0 Å². The minimum Gasteiger partial charge on any atom is -0.358 e. The van der Waals surface area contributed by atoms with Crippen molar-refractivity contribution in [3.8, 4) is 0 Å². The van der Waals surface area contributed by atoms with Gasteiger partial charge in [0.15, 0.2) is 5.82 Å². The Morgan fingerprint density at radius 1 is 1.18 bits per heavy atom. The van der Waals surface area contributed by atoms with Crippen LogP contribution in [0.25, 0.3) is 0 Å². The molecule has 0 saturated heterocycles. The van der Waals surface area contributed by atoms with Crippen LogP contribution in [0.1, 0.15) is 38.8 Å². The minimum absolute atomic E-state index is 0.805. The number of hydrogen-bond acceptors (Lipinski definition) is 4. The molecule has 1 aromatic rings. The number of nitrogens with zero attached hydrogens (tertiary/aromatic N) is 3. The molecule has 1 heterocycles. The Morgan fingerprint density at radius 3 is 2.59 bits per heavy atom. The zero-order valence-corrected chi connectivity index (χ0v) is 11.2. The largest absolute Gasteiger partial charge is 0.358 e. The van der Waals surface area contributed by atoms with Gasteiger partial charge in [-0.3, -0.25) is 0 Å². The maximum Gasteiger partial charge on any atom is 0.150 e. The number of rotatable bonds is 8. The highest BCUT2D eigenvalue weighted by molar-refractivity contribution is 5.35. The highest BCUT2D eigenvalue weighted by atomic mass is 15.2. The van der Waals surface area contributed by atoms with Crippen molar-refractivity contribution in [3.05, 3.63) is 17.8 Å². The molecular formula is C13H24N4. The molecule has 0 saturated carbocycles. The zero-order valence-electron chi connectivity index (χ0n) is 11.2. The first-order valence-corrected chi connectivity index (χ1v) is 6.52. The van der Waals surface area contributed by atoms with Gasteiger partial charge in [-0.15, -0.1) is 5.10 Å². The van der Waals surface area contributed by atoms with E-state index in [1.165, 1.54) is 12.8 Å². The van der Waals surface area contributed by atoms with Crippen molar-refractivity contribution >= 4 is 5.82 Å². The summed E-state index contributed by atoms with van der Waals surface area (Å²) >= 11 is 0. The standard InChI is InChI=1S/C13H24N4/c1-4-6-10-17(3)13-8-7-12(15-16-13)11-14-9-5-2/h7-8,14H,4-6,9-11H2,1-3H3. The van der Waals surface area contributed by atoms with Crippen molar-refractivity contribution in [3.63, 3.8) is 0 Å². The van der Waals surface area contributed by atoms with E-state index in [4.69, 9.17) is 0 Å². The van der Waals surface area contributed by atoms with Gasteiger partial charge in [0.1, 0.15) is 0 Å². The SMILES string of the molecule is CCCCN(C)c1ccc(CNCCC)nn1. The molecule has 1 N–H and O–H groups in total. The van der Waals surface area contributed by atoms with E-state index in [-0.39, 0.29) is 0 Å². The van der Waals surface area contributed by atoms with E-state index in [1.54, 1.807) is 0 Å². The fourth-order valence-electron chi connectivity index (χ4n) is 1.55. The van der Waals surface area contributed by atoms with Crippen LogP contribution in [-0.2, 0) is 6.54 Å². The summed E-state index contributed by atoms with van der Waals surface area (Å²) in [4.78, 5) is 2.15. The van der Waals surface area contributed by atoms with Crippen molar-refractivity contribution < 1.29 is 0 Å². The fourth-order valence-corrected chi connectivity index (χ4v) is 1.55. The molecule has 96 valence electrons. The van der Waals surface area contributed by atoms with Crippen molar-refractivity contribution in [2.24, 2.45) is 0 Å². The Kier molecular flexibility index (Phi) is 6.55. The molecule has 0 spiro atoms. The lowest BCUT2D eigenvalue weighted by Crippen LogP contribution is -2.21. The van der Waals surface area contributed by atoms with E-state index in [0.717, 1.165) is 37.6 Å². The number of unbranched alkanes of at least 4 members (excludes halogenated alkanes) is 1. The van der Waals surface area contributed by atoms with Gasteiger partial charge in [-0.1, -0.05) is 20.3 Å². The molecule has 0 radical (unpaired) electrons. The van der Waals surface area contributed by atoms with Crippen LogP contribution >= 0.6 is 0 Å². The number of anilines is 1. The van der Waals surface area contributed by atoms with E-state index in [2.05, 4.69) is 41.3 Å². The monoisotopic (exact) mass is 236 g/mol. The second kappa shape index (κ2) is 8.01. The lowest BCUT2D eigenvalue weighted by atomic mass is 10.3. The van der Waals surface area contributed by atoms with Crippen molar-refractivity contribution in [1.82, 2.24) is 15.5 Å². The summed E-state index contributed by atoms with van der Waals surface area (Å²) in [5.74, 6) is 0.956. The first kappa shape index (κ1) is 13.9. The summed E-state index contributed by atoms with van der Waals surface area (Å²) in [6.07, 6.45) is 3.54. The summed E-state index contributed by atoms with van der Waals surface area (Å²) in [5.41, 5.74) is 1.01. The minimum atomic E-state index is 0.805. The summed E-state index contributed by atoms with van der Waals surface area (Å²) in [6.45, 7) is 7.23. The van der Waals surface area contributed by atoms with Crippen LogP contribution in [-0.4, -0.2) is 30.3 Å². The maximum absolute atomic E-state index is 4.25. The van der Waals surface area contributed by atoms with Crippen LogP contribution in [0.3, 0.4) is 0 Å². The summed E-state index contributed by atoms with van der Waals surface area (Å²) < 4.78 is 0. The zero-order chi connectivity index (χ0) is 12.5. The van der Waals surface area contributed by atoms with Gasteiger partial charge < -0.3 is 10.2 Å². The highest BCUT2D eigenvalue weighted by Crippen LogP contribution is 2.08. The van der Waals surface area contributed by atoms with Crippen LogP contribution in [0.2, 0.25) is 0 Å². The second-order valence-electron chi connectivity index (χ2n) is 4.33. The molecule has 0 aliphatic heterocycles. The molecule has 0 amide bonds. The second-order valence-corrected chi connectivity index (χ2v) is 4.33. The predicted octanol–water partition coefficient (Wildman–Crippen LogP) is 2.21. The first-order valence-electron chi connectivity index (χ1n) is 6.52. The third-order valence-corrected chi connectivity index (χ3v) is 2.68. The molecule has 1 rings (SSSR count). The number of hydrogen-bond donors (Lipinski definition) is 1. The van der Waals surface area contributed by atoms with Crippen LogP contribution in [0.15, 0.2) is 12.1 Å². The van der Waals surface area contributed by atoms with E-state index in [1.807, 2.05) is 12.1 Å². The Labute approximate surface area is 104 Å². The summed E-state index contributed by atoms with van der Waals surface area (Å²) in [7, 11) is 2.06. The molecule has 0 bridgehead atoms. The first-order chi connectivity index (χ1) is 8.27. The maximum atomic E-state index is 4.25. The van der Waals surface area contributed by atoms with Gasteiger partial charge in [0.05, 0.1) is 5.69 Å².